The molecule has 0 aromatic carbocycles. The van der Waals surface area contributed by atoms with E-state index in [1.54, 1.807) is 0 Å². The smallest absolute Gasteiger partial charge is 0.0562 e. The molecule has 1 fully saturated rings. The maximum atomic E-state index is 4.47. The molecule has 0 radical (unpaired) electrons. The maximum absolute atomic E-state index is 4.47. The summed E-state index contributed by atoms with van der Waals surface area (Å²) in [6, 6.07) is 4.37. The number of nitrogens with zero attached hydrogens (tertiary/aromatic N) is 3. The Morgan fingerprint density at radius 2 is 2.10 bits per heavy atom. The predicted molar refractivity (Wildman–Crippen MR) is 85.1 cm³/mol. The Bertz CT molecular complexity index is 405. The summed E-state index contributed by atoms with van der Waals surface area (Å²) >= 11 is 0. The van der Waals surface area contributed by atoms with E-state index in [4.69, 9.17) is 0 Å². The highest BCUT2D eigenvalue weighted by molar-refractivity contribution is 5.46. The zero-order valence-electron chi connectivity index (χ0n) is 13.1. The summed E-state index contributed by atoms with van der Waals surface area (Å²) in [5.41, 5.74) is 2.46. The molecule has 1 aromatic heterocycles. The quantitative estimate of drug-likeness (QED) is 0.891. The lowest BCUT2D eigenvalue weighted by Crippen LogP contribution is -2.29. The molecule has 1 aliphatic rings. The van der Waals surface area contributed by atoms with Gasteiger partial charge in [-0.3, -0.25) is 4.98 Å². The third kappa shape index (κ3) is 4.76. The first-order valence-electron chi connectivity index (χ1n) is 7.74. The number of rotatable bonds is 5. The zero-order chi connectivity index (χ0) is 14.4. The van der Waals surface area contributed by atoms with Gasteiger partial charge in [-0.05, 0) is 44.6 Å². The molecule has 0 atom stereocenters. The van der Waals surface area contributed by atoms with Crippen LogP contribution in [0.1, 0.15) is 26.0 Å². The van der Waals surface area contributed by atoms with E-state index < -0.39 is 0 Å². The first kappa shape index (κ1) is 15.3. The molecule has 1 saturated heterocycles. The molecule has 0 aliphatic carbocycles. The van der Waals surface area contributed by atoms with Crippen molar-refractivity contribution >= 4 is 5.69 Å². The number of nitrogens with one attached hydrogen (secondary N) is 1. The minimum atomic E-state index is 0.680. The third-order valence-electron chi connectivity index (χ3n) is 3.74. The van der Waals surface area contributed by atoms with Crippen molar-refractivity contribution < 1.29 is 0 Å². The predicted octanol–water partition coefficient (Wildman–Crippen LogP) is 1.97. The van der Waals surface area contributed by atoms with Gasteiger partial charge in [0.25, 0.3) is 0 Å². The first-order chi connectivity index (χ1) is 9.65. The maximum Gasteiger partial charge on any atom is 0.0562 e. The van der Waals surface area contributed by atoms with Gasteiger partial charge in [0, 0.05) is 38.1 Å². The molecule has 0 unspecified atom stereocenters. The van der Waals surface area contributed by atoms with Crippen LogP contribution in [0, 0.1) is 5.92 Å². The first-order valence-corrected chi connectivity index (χ1v) is 7.74. The highest BCUT2D eigenvalue weighted by atomic mass is 15.2. The molecule has 1 N–H and O–H groups in total. The topological polar surface area (TPSA) is 31.4 Å². The van der Waals surface area contributed by atoms with Crippen LogP contribution in [-0.4, -0.2) is 49.7 Å². The van der Waals surface area contributed by atoms with Gasteiger partial charge in [0.2, 0.25) is 0 Å². The Labute approximate surface area is 123 Å². The molecule has 2 rings (SSSR count). The number of aromatic nitrogens is 1. The summed E-state index contributed by atoms with van der Waals surface area (Å²) in [5.74, 6) is 0.680. The summed E-state index contributed by atoms with van der Waals surface area (Å²) < 4.78 is 0. The SMILES string of the molecule is CC(C)CNCc1cc(N2CCCN(C)CC2)ccn1. The molecule has 20 heavy (non-hydrogen) atoms. The van der Waals surface area contributed by atoms with Crippen LogP contribution in [0.4, 0.5) is 5.69 Å². The molecule has 0 spiro atoms. The van der Waals surface area contributed by atoms with Gasteiger partial charge in [-0.2, -0.15) is 0 Å². The Morgan fingerprint density at radius 3 is 2.90 bits per heavy atom. The van der Waals surface area contributed by atoms with Crippen LogP contribution < -0.4 is 10.2 Å². The number of hydrogen-bond acceptors (Lipinski definition) is 4. The standard InChI is InChI=1S/C16H28N4/c1-14(2)12-17-13-15-11-16(5-6-18-15)20-8-4-7-19(3)9-10-20/h5-6,11,14,17H,4,7-10,12-13H2,1-3H3. The number of anilines is 1. The van der Waals surface area contributed by atoms with Crippen molar-refractivity contribution in [3.8, 4) is 0 Å². The monoisotopic (exact) mass is 276 g/mol. The summed E-state index contributed by atoms with van der Waals surface area (Å²) in [4.78, 5) is 9.36. The van der Waals surface area contributed by atoms with Gasteiger partial charge in [-0.15, -0.1) is 0 Å². The summed E-state index contributed by atoms with van der Waals surface area (Å²) in [5, 5.41) is 3.46. The highest BCUT2D eigenvalue weighted by Crippen LogP contribution is 2.16. The molecule has 112 valence electrons. The van der Waals surface area contributed by atoms with Crippen molar-refractivity contribution in [3.63, 3.8) is 0 Å². The molecular formula is C16H28N4. The molecule has 4 nitrogen and oxygen atoms in total. The minimum Gasteiger partial charge on any atom is -0.370 e. The van der Waals surface area contributed by atoms with Crippen molar-refractivity contribution in [2.45, 2.75) is 26.8 Å². The van der Waals surface area contributed by atoms with E-state index in [0.717, 1.165) is 38.4 Å². The Balaban J connectivity index is 1.94. The van der Waals surface area contributed by atoms with Crippen LogP contribution in [0.15, 0.2) is 18.3 Å². The summed E-state index contributed by atoms with van der Waals surface area (Å²) in [6.45, 7) is 11.0. The van der Waals surface area contributed by atoms with Gasteiger partial charge in [-0.1, -0.05) is 13.8 Å². The van der Waals surface area contributed by atoms with E-state index in [0.29, 0.717) is 5.92 Å². The molecule has 4 heteroatoms. The van der Waals surface area contributed by atoms with Crippen molar-refractivity contribution in [2.75, 3.05) is 44.7 Å². The number of hydrogen-bond donors (Lipinski definition) is 1. The zero-order valence-corrected chi connectivity index (χ0v) is 13.1. The normalized spacial score (nSPS) is 17.5. The van der Waals surface area contributed by atoms with Gasteiger partial charge >= 0.3 is 0 Å². The van der Waals surface area contributed by atoms with E-state index in [2.05, 4.69) is 53.1 Å². The average molecular weight is 276 g/mol. The van der Waals surface area contributed by atoms with E-state index in [9.17, 15) is 0 Å². The lowest BCUT2D eigenvalue weighted by molar-refractivity contribution is 0.360. The van der Waals surface area contributed by atoms with Crippen LogP contribution in [0.5, 0.6) is 0 Å². The second kappa shape index (κ2) is 7.60. The van der Waals surface area contributed by atoms with Crippen LogP contribution in [0.3, 0.4) is 0 Å². The fourth-order valence-corrected chi connectivity index (χ4v) is 2.55. The Morgan fingerprint density at radius 1 is 1.25 bits per heavy atom. The van der Waals surface area contributed by atoms with Crippen LogP contribution in [0.2, 0.25) is 0 Å². The number of likely N-dealkylation sites (N-methyl/N-ethyl adjacent to an activating group) is 1. The largest absolute Gasteiger partial charge is 0.370 e. The molecule has 1 aromatic rings. The van der Waals surface area contributed by atoms with Gasteiger partial charge in [0.1, 0.15) is 0 Å². The fourth-order valence-electron chi connectivity index (χ4n) is 2.55. The lowest BCUT2D eigenvalue weighted by Gasteiger charge is -2.23. The molecule has 0 saturated carbocycles. The second-order valence-corrected chi connectivity index (χ2v) is 6.17. The van der Waals surface area contributed by atoms with Crippen molar-refractivity contribution in [3.05, 3.63) is 24.0 Å². The van der Waals surface area contributed by atoms with Gasteiger partial charge in [0.15, 0.2) is 0 Å². The molecule has 0 bridgehead atoms. The van der Waals surface area contributed by atoms with Crippen molar-refractivity contribution in [2.24, 2.45) is 5.92 Å². The molecular weight excluding hydrogens is 248 g/mol. The molecule has 1 aliphatic heterocycles. The fraction of sp³-hybridized carbons (Fsp3) is 0.688. The summed E-state index contributed by atoms with van der Waals surface area (Å²) in [6.07, 6.45) is 3.18. The molecule has 0 amide bonds. The van der Waals surface area contributed by atoms with Gasteiger partial charge in [0.05, 0.1) is 5.69 Å². The summed E-state index contributed by atoms with van der Waals surface area (Å²) in [7, 11) is 2.21. The van der Waals surface area contributed by atoms with Crippen molar-refractivity contribution in [1.29, 1.82) is 0 Å². The van der Waals surface area contributed by atoms with Crippen LogP contribution in [0.25, 0.3) is 0 Å². The Kier molecular flexibility index (Phi) is 5.80. The average Bonchev–Trinajstić information content (AvgIpc) is 2.63. The number of pyridine rings is 1. The van der Waals surface area contributed by atoms with E-state index in [-0.39, 0.29) is 0 Å². The van der Waals surface area contributed by atoms with Crippen LogP contribution in [-0.2, 0) is 6.54 Å². The molecule has 2 heterocycles. The third-order valence-corrected chi connectivity index (χ3v) is 3.74. The minimum absolute atomic E-state index is 0.680. The van der Waals surface area contributed by atoms with Crippen LogP contribution >= 0.6 is 0 Å². The van der Waals surface area contributed by atoms with E-state index in [1.165, 1.54) is 18.7 Å². The van der Waals surface area contributed by atoms with Crippen molar-refractivity contribution in [1.82, 2.24) is 15.2 Å². The highest BCUT2D eigenvalue weighted by Gasteiger charge is 2.13. The van der Waals surface area contributed by atoms with E-state index >= 15 is 0 Å². The van der Waals surface area contributed by atoms with E-state index in [1.807, 2.05) is 6.20 Å². The Hall–Kier alpha value is -1.13. The van der Waals surface area contributed by atoms with Gasteiger partial charge in [-0.25, -0.2) is 0 Å². The lowest BCUT2D eigenvalue weighted by atomic mass is 10.2. The van der Waals surface area contributed by atoms with Gasteiger partial charge < -0.3 is 15.1 Å². The second-order valence-electron chi connectivity index (χ2n) is 6.17.